The number of ether oxygens (including phenoxy) is 1. The third kappa shape index (κ3) is 3.45. The van der Waals surface area contributed by atoms with E-state index in [9.17, 15) is 9.59 Å². The van der Waals surface area contributed by atoms with Gasteiger partial charge < -0.3 is 15.0 Å². The molecule has 5 heteroatoms. The molecule has 1 atom stereocenters. The monoisotopic (exact) mass is 254 g/mol. The SMILES string of the molecule is CC(=O)N1CCCC(C(=O)NC2CCOCC2)C1. The third-order valence-electron chi connectivity index (χ3n) is 3.81. The number of rotatable bonds is 2. The van der Waals surface area contributed by atoms with E-state index < -0.39 is 0 Å². The average molecular weight is 254 g/mol. The van der Waals surface area contributed by atoms with Crippen molar-refractivity contribution in [1.82, 2.24) is 10.2 Å². The average Bonchev–Trinajstić information content (AvgIpc) is 2.40. The summed E-state index contributed by atoms with van der Waals surface area (Å²) in [5.74, 6) is 0.136. The molecule has 102 valence electrons. The van der Waals surface area contributed by atoms with E-state index in [0.717, 1.165) is 45.4 Å². The number of hydrogen-bond donors (Lipinski definition) is 1. The van der Waals surface area contributed by atoms with Gasteiger partial charge in [0.1, 0.15) is 0 Å². The van der Waals surface area contributed by atoms with Crippen LogP contribution in [0.3, 0.4) is 0 Å². The fourth-order valence-corrected chi connectivity index (χ4v) is 2.64. The van der Waals surface area contributed by atoms with Gasteiger partial charge >= 0.3 is 0 Å². The number of hydrogen-bond acceptors (Lipinski definition) is 3. The zero-order chi connectivity index (χ0) is 13.0. The molecule has 0 aromatic carbocycles. The molecule has 18 heavy (non-hydrogen) atoms. The highest BCUT2D eigenvalue weighted by molar-refractivity contribution is 5.80. The van der Waals surface area contributed by atoms with Gasteiger partial charge in [0.15, 0.2) is 0 Å². The first-order valence-corrected chi connectivity index (χ1v) is 6.80. The fraction of sp³-hybridized carbons (Fsp3) is 0.846. The minimum atomic E-state index is -0.0366. The highest BCUT2D eigenvalue weighted by Gasteiger charge is 2.28. The summed E-state index contributed by atoms with van der Waals surface area (Å²) in [6.07, 6.45) is 3.61. The first-order chi connectivity index (χ1) is 8.66. The second-order valence-electron chi connectivity index (χ2n) is 5.20. The fourth-order valence-electron chi connectivity index (χ4n) is 2.64. The Morgan fingerprint density at radius 1 is 1.22 bits per heavy atom. The molecule has 0 aliphatic carbocycles. The van der Waals surface area contributed by atoms with Gasteiger partial charge in [0, 0.05) is 39.3 Å². The van der Waals surface area contributed by atoms with Crippen molar-refractivity contribution in [2.24, 2.45) is 5.92 Å². The summed E-state index contributed by atoms with van der Waals surface area (Å²) in [5.41, 5.74) is 0. The molecule has 0 spiro atoms. The lowest BCUT2D eigenvalue weighted by molar-refractivity contribution is -0.134. The highest BCUT2D eigenvalue weighted by Crippen LogP contribution is 2.17. The number of carbonyl (C=O) groups excluding carboxylic acids is 2. The summed E-state index contributed by atoms with van der Waals surface area (Å²) >= 11 is 0. The van der Waals surface area contributed by atoms with Gasteiger partial charge in [-0.3, -0.25) is 9.59 Å². The zero-order valence-corrected chi connectivity index (χ0v) is 11.0. The first kappa shape index (κ1) is 13.3. The molecule has 0 aromatic heterocycles. The Hall–Kier alpha value is -1.10. The van der Waals surface area contributed by atoms with Crippen molar-refractivity contribution in [2.75, 3.05) is 26.3 Å². The van der Waals surface area contributed by atoms with Crippen LogP contribution in [0.5, 0.6) is 0 Å². The van der Waals surface area contributed by atoms with Crippen LogP contribution >= 0.6 is 0 Å². The van der Waals surface area contributed by atoms with Crippen LogP contribution in [0.25, 0.3) is 0 Å². The molecule has 2 aliphatic heterocycles. The van der Waals surface area contributed by atoms with Gasteiger partial charge in [0.2, 0.25) is 11.8 Å². The third-order valence-corrected chi connectivity index (χ3v) is 3.81. The molecule has 0 saturated carbocycles. The van der Waals surface area contributed by atoms with Gasteiger partial charge in [0.05, 0.1) is 5.92 Å². The number of carbonyl (C=O) groups is 2. The Labute approximate surface area is 108 Å². The predicted octanol–water partition coefficient (Wildman–Crippen LogP) is 0.540. The summed E-state index contributed by atoms with van der Waals surface area (Å²) in [6.45, 7) is 4.39. The van der Waals surface area contributed by atoms with Crippen molar-refractivity contribution in [3.63, 3.8) is 0 Å². The molecule has 2 fully saturated rings. The number of likely N-dealkylation sites (tertiary alicyclic amines) is 1. The summed E-state index contributed by atoms with van der Waals surface area (Å²) in [5, 5.41) is 3.09. The van der Waals surface area contributed by atoms with E-state index in [1.807, 2.05) is 0 Å². The first-order valence-electron chi connectivity index (χ1n) is 6.80. The molecule has 2 rings (SSSR count). The molecule has 2 aliphatic rings. The summed E-state index contributed by atoms with van der Waals surface area (Å²) in [4.78, 5) is 25.3. The van der Waals surface area contributed by atoms with Crippen LogP contribution in [0.15, 0.2) is 0 Å². The molecule has 0 radical (unpaired) electrons. The lowest BCUT2D eigenvalue weighted by atomic mass is 9.96. The normalized spacial score (nSPS) is 25.8. The maximum Gasteiger partial charge on any atom is 0.225 e. The topological polar surface area (TPSA) is 58.6 Å². The van der Waals surface area contributed by atoms with Crippen molar-refractivity contribution in [3.8, 4) is 0 Å². The standard InChI is InChI=1S/C13H22N2O3/c1-10(16)15-6-2-3-11(9-15)13(17)14-12-4-7-18-8-5-12/h11-12H,2-9H2,1H3,(H,14,17). The van der Waals surface area contributed by atoms with Gasteiger partial charge in [-0.15, -0.1) is 0 Å². The number of nitrogens with one attached hydrogen (secondary N) is 1. The summed E-state index contributed by atoms with van der Waals surface area (Å²) in [6, 6.07) is 0.249. The molecule has 2 saturated heterocycles. The van der Waals surface area contributed by atoms with Crippen LogP contribution in [0.2, 0.25) is 0 Å². The van der Waals surface area contributed by atoms with E-state index >= 15 is 0 Å². The quantitative estimate of drug-likeness (QED) is 0.782. The van der Waals surface area contributed by atoms with Crippen molar-refractivity contribution in [2.45, 2.75) is 38.6 Å². The van der Waals surface area contributed by atoms with E-state index in [0.29, 0.717) is 6.54 Å². The molecule has 2 heterocycles. The van der Waals surface area contributed by atoms with Crippen molar-refractivity contribution < 1.29 is 14.3 Å². The largest absolute Gasteiger partial charge is 0.381 e. The van der Waals surface area contributed by atoms with Gasteiger partial charge in [0.25, 0.3) is 0 Å². The Balaban J connectivity index is 1.82. The van der Waals surface area contributed by atoms with E-state index in [4.69, 9.17) is 4.74 Å². The summed E-state index contributed by atoms with van der Waals surface area (Å²) < 4.78 is 5.27. The van der Waals surface area contributed by atoms with Gasteiger partial charge in [-0.2, -0.15) is 0 Å². The van der Waals surface area contributed by atoms with E-state index in [-0.39, 0.29) is 23.8 Å². The summed E-state index contributed by atoms with van der Waals surface area (Å²) in [7, 11) is 0. The van der Waals surface area contributed by atoms with Gasteiger partial charge in [-0.25, -0.2) is 0 Å². The number of piperidine rings is 1. The van der Waals surface area contributed by atoms with E-state index in [2.05, 4.69) is 5.32 Å². The molecule has 0 bridgehead atoms. The highest BCUT2D eigenvalue weighted by atomic mass is 16.5. The Bertz CT molecular complexity index is 313. The lowest BCUT2D eigenvalue weighted by Crippen LogP contribution is -2.48. The van der Waals surface area contributed by atoms with Crippen molar-refractivity contribution >= 4 is 11.8 Å². The minimum absolute atomic E-state index is 0.0366. The molecular weight excluding hydrogens is 232 g/mol. The Morgan fingerprint density at radius 3 is 2.61 bits per heavy atom. The van der Waals surface area contributed by atoms with Crippen LogP contribution in [-0.4, -0.2) is 49.1 Å². The van der Waals surface area contributed by atoms with E-state index in [1.54, 1.807) is 11.8 Å². The lowest BCUT2D eigenvalue weighted by Gasteiger charge is -2.32. The second kappa shape index (κ2) is 6.18. The van der Waals surface area contributed by atoms with Gasteiger partial charge in [-0.1, -0.05) is 0 Å². The van der Waals surface area contributed by atoms with Crippen LogP contribution in [0.1, 0.15) is 32.6 Å². The molecule has 5 nitrogen and oxygen atoms in total. The van der Waals surface area contributed by atoms with Crippen LogP contribution < -0.4 is 5.32 Å². The van der Waals surface area contributed by atoms with Crippen molar-refractivity contribution in [1.29, 1.82) is 0 Å². The Morgan fingerprint density at radius 2 is 1.94 bits per heavy atom. The van der Waals surface area contributed by atoms with Crippen molar-refractivity contribution in [3.05, 3.63) is 0 Å². The molecule has 0 aromatic rings. The molecule has 2 amide bonds. The smallest absolute Gasteiger partial charge is 0.225 e. The Kier molecular flexibility index (Phi) is 4.58. The van der Waals surface area contributed by atoms with Crippen LogP contribution in [0.4, 0.5) is 0 Å². The van der Waals surface area contributed by atoms with E-state index in [1.165, 1.54) is 0 Å². The zero-order valence-electron chi connectivity index (χ0n) is 11.0. The van der Waals surface area contributed by atoms with Crippen LogP contribution in [0, 0.1) is 5.92 Å². The molecular formula is C13H22N2O3. The minimum Gasteiger partial charge on any atom is -0.381 e. The maximum absolute atomic E-state index is 12.1. The molecule has 1 unspecified atom stereocenters. The maximum atomic E-state index is 12.1. The molecule has 1 N–H and O–H groups in total. The van der Waals surface area contributed by atoms with Crippen LogP contribution in [-0.2, 0) is 14.3 Å². The predicted molar refractivity (Wildman–Crippen MR) is 67.0 cm³/mol. The number of amides is 2. The second-order valence-corrected chi connectivity index (χ2v) is 5.20. The number of nitrogens with zero attached hydrogens (tertiary/aromatic N) is 1. The van der Waals surface area contributed by atoms with Gasteiger partial charge in [-0.05, 0) is 25.7 Å².